The number of carbonyl (C=O) groups excluding carboxylic acids is 1. The second kappa shape index (κ2) is 7.06. The average molecular weight is 392 g/mol. The molecule has 0 spiro atoms. The molecule has 0 unspecified atom stereocenters. The van der Waals surface area contributed by atoms with Gasteiger partial charge in [0.05, 0.1) is 24.4 Å². The zero-order valence-electron chi connectivity index (χ0n) is 16.5. The van der Waals surface area contributed by atoms with Gasteiger partial charge in [-0.1, -0.05) is 19.3 Å². The fourth-order valence-corrected chi connectivity index (χ4v) is 4.49. The maximum atomic E-state index is 13.1. The summed E-state index contributed by atoms with van der Waals surface area (Å²) in [6.07, 6.45) is 5.54. The van der Waals surface area contributed by atoms with E-state index < -0.39 is 0 Å². The number of benzene rings is 1. The molecule has 3 heterocycles. The van der Waals surface area contributed by atoms with E-state index >= 15 is 0 Å². The molecular weight excluding hydrogens is 368 g/mol. The lowest BCUT2D eigenvalue weighted by molar-refractivity contribution is 0.0656. The van der Waals surface area contributed by atoms with Crippen molar-refractivity contribution < 1.29 is 9.53 Å². The molecule has 29 heavy (non-hydrogen) atoms. The Morgan fingerprint density at radius 2 is 1.90 bits per heavy atom. The van der Waals surface area contributed by atoms with Gasteiger partial charge >= 0.3 is 0 Å². The molecule has 0 radical (unpaired) electrons. The molecule has 0 bridgehead atoms. The van der Waals surface area contributed by atoms with Gasteiger partial charge in [0.2, 0.25) is 0 Å². The Morgan fingerprint density at radius 1 is 1.14 bits per heavy atom. The first-order valence-corrected chi connectivity index (χ1v) is 10.3. The highest BCUT2D eigenvalue weighted by atomic mass is 16.5. The van der Waals surface area contributed by atoms with Crippen LogP contribution >= 0.6 is 0 Å². The molecule has 7 nitrogen and oxygen atoms in total. The number of ether oxygens (including phenoxy) is 1. The SMILES string of the molecule is CCOc1ccc(-c2cc3nc4c(c(=O)n3[nH]2)CN(C2CCCCC2)C4=O)cc1. The number of nitrogens with one attached hydrogen (secondary N) is 1. The second-order valence-corrected chi connectivity index (χ2v) is 7.79. The number of amides is 1. The number of aromatic amines is 1. The molecule has 1 amide bonds. The van der Waals surface area contributed by atoms with Gasteiger partial charge in [-0.2, -0.15) is 0 Å². The third kappa shape index (κ3) is 3.01. The average Bonchev–Trinajstić information content (AvgIpc) is 3.32. The monoisotopic (exact) mass is 392 g/mol. The van der Waals surface area contributed by atoms with E-state index in [-0.39, 0.29) is 17.5 Å². The van der Waals surface area contributed by atoms with Crippen LogP contribution < -0.4 is 10.3 Å². The van der Waals surface area contributed by atoms with Crippen molar-refractivity contribution >= 4 is 11.6 Å². The highest BCUT2D eigenvalue weighted by Gasteiger charge is 2.37. The molecule has 2 aromatic heterocycles. The quantitative estimate of drug-likeness (QED) is 0.738. The van der Waals surface area contributed by atoms with E-state index in [1.807, 2.05) is 42.2 Å². The topological polar surface area (TPSA) is 79.7 Å². The van der Waals surface area contributed by atoms with Crippen molar-refractivity contribution in [2.24, 2.45) is 0 Å². The van der Waals surface area contributed by atoms with Gasteiger partial charge in [-0.05, 0) is 49.6 Å². The molecule has 3 aromatic rings. The summed E-state index contributed by atoms with van der Waals surface area (Å²) in [5.41, 5.74) is 2.80. The summed E-state index contributed by atoms with van der Waals surface area (Å²) < 4.78 is 6.93. The largest absolute Gasteiger partial charge is 0.494 e. The van der Waals surface area contributed by atoms with Gasteiger partial charge in [0.15, 0.2) is 5.65 Å². The van der Waals surface area contributed by atoms with Gasteiger partial charge in [0.1, 0.15) is 11.4 Å². The molecule has 5 rings (SSSR count). The minimum absolute atomic E-state index is 0.102. The fraction of sp³-hybridized carbons (Fsp3) is 0.409. The Morgan fingerprint density at radius 3 is 2.62 bits per heavy atom. The van der Waals surface area contributed by atoms with E-state index in [4.69, 9.17) is 4.74 Å². The molecule has 150 valence electrons. The Hall–Kier alpha value is -3.09. The Kier molecular flexibility index (Phi) is 4.38. The van der Waals surface area contributed by atoms with Gasteiger partial charge in [0, 0.05) is 12.1 Å². The highest BCUT2D eigenvalue weighted by Crippen LogP contribution is 2.29. The molecule has 0 atom stereocenters. The summed E-state index contributed by atoms with van der Waals surface area (Å²) in [6, 6.07) is 9.70. The van der Waals surface area contributed by atoms with Crippen LogP contribution in [0.5, 0.6) is 5.75 Å². The molecule has 1 fully saturated rings. The van der Waals surface area contributed by atoms with Crippen molar-refractivity contribution in [2.45, 2.75) is 51.6 Å². The van der Waals surface area contributed by atoms with E-state index in [0.717, 1.165) is 42.7 Å². The van der Waals surface area contributed by atoms with E-state index in [9.17, 15) is 9.59 Å². The Bertz CT molecular complexity index is 1120. The number of fused-ring (bicyclic) bond motifs is 2. The van der Waals surface area contributed by atoms with Crippen molar-refractivity contribution in [3.05, 3.63) is 51.9 Å². The lowest BCUT2D eigenvalue weighted by Gasteiger charge is -2.30. The molecule has 1 aliphatic heterocycles. The van der Waals surface area contributed by atoms with Crippen molar-refractivity contribution in [1.29, 1.82) is 0 Å². The summed E-state index contributed by atoms with van der Waals surface area (Å²) >= 11 is 0. The number of nitrogens with zero attached hydrogens (tertiary/aromatic N) is 3. The predicted molar refractivity (Wildman–Crippen MR) is 109 cm³/mol. The second-order valence-electron chi connectivity index (χ2n) is 7.79. The highest BCUT2D eigenvalue weighted by molar-refractivity contribution is 5.97. The van der Waals surface area contributed by atoms with Crippen LogP contribution in [-0.2, 0) is 6.54 Å². The minimum atomic E-state index is -0.186. The molecule has 1 saturated carbocycles. The van der Waals surface area contributed by atoms with E-state index in [1.165, 1.54) is 10.9 Å². The van der Waals surface area contributed by atoms with Crippen LogP contribution in [-0.4, -0.2) is 38.1 Å². The fourth-order valence-electron chi connectivity index (χ4n) is 4.49. The van der Waals surface area contributed by atoms with Crippen LogP contribution in [0, 0.1) is 0 Å². The molecule has 0 saturated heterocycles. The third-order valence-corrected chi connectivity index (χ3v) is 5.99. The van der Waals surface area contributed by atoms with Crippen LogP contribution in [0.25, 0.3) is 16.9 Å². The summed E-state index contributed by atoms with van der Waals surface area (Å²) in [5.74, 6) is 0.699. The van der Waals surface area contributed by atoms with Gasteiger partial charge in [-0.15, -0.1) is 0 Å². The zero-order chi connectivity index (χ0) is 20.0. The predicted octanol–water partition coefficient (Wildman–Crippen LogP) is 3.38. The molecule has 1 aliphatic carbocycles. The van der Waals surface area contributed by atoms with Crippen molar-refractivity contribution in [2.75, 3.05) is 6.61 Å². The minimum Gasteiger partial charge on any atom is -0.494 e. The first-order chi connectivity index (χ1) is 14.2. The van der Waals surface area contributed by atoms with Gasteiger partial charge in [-0.3, -0.25) is 14.7 Å². The van der Waals surface area contributed by atoms with Crippen LogP contribution in [0.4, 0.5) is 0 Å². The van der Waals surface area contributed by atoms with Crippen LogP contribution in [0.15, 0.2) is 35.1 Å². The van der Waals surface area contributed by atoms with Crippen LogP contribution in [0.2, 0.25) is 0 Å². The number of H-pyrrole nitrogens is 1. The molecule has 7 heteroatoms. The van der Waals surface area contributed by atoms with Crippen molar-refractivity contribution in [3.8, 4) is 17.0 Å². The van der Waals surface area contributed by atoms with Gasteiger partial charge in [0.25, 0.3) is 11.5 Å². The molecule has 2 aliphatic rings. The number of hydrogen-bond acceptors (Lipinski definition) is 4. The first kappa shape index (κ1) is 18.0. The summed E-state index contributed by atoms with van der Waals surface area (Å²) in [4.78, 5) is 32.4. The van der Waals surface area contributed by atoms with Crippen LogP contribution in [0.1, 0.15) is 55.1 Å². The normalized spacial score (nSPS) is 17.1. The Labute approximate surface area is 168 Å². The number of aromatic nitrogens is 3. The smallest absolute Gasteiger partial charge is 0.278 e. The lowest BCUT2D eigenvalue weighted by atomic mass is 9.94. The molecule has 1 aromatic carbocycles. The summed E-state index contributed by atoms with van der Waals surface area (Å²) in [7, 11) is 0. The Balaban J connectivity index is 1.50. The number of hydrogen-bond donors (Lipinski definition) is 1. The van der Waals surface area contributed by atoms with E-state index in [1.54, 1.807) is 0 Å². The maximum Gasteiger partial charge on any atom is 0.278 e. The van der Waals surface area contributed by atoms with E-state index in [2.05, 4.69) is 10.1 Å². The standard InChI is InChI=1S/C22H24N4O3/c1-2-29-16-10-8-14(9-11-16)18-12-19-23-20-17(21(27)26(19)24-18)13-25(22(20)28)15-6-4-3-5-7-15/h8-12,15,24H,2-7,13H2,1H3. The van der Waals surface area contributed by atoms with Crippen molar-refractivity contribution in [1.82, 2.24) is 19.5 Å². The van der Waals surface area contributed by atoms with Gasteiger partial charge in [-0.25, -0.2) is 9.50 Å². The summed E-state index contributed by atoms with van der Waals surface area (Å²) in [5, 5.41) is 3.14. The third-order valence-electron chi connectivity index (χ3n) is 5.99. The number of carbonyl (C=O) groups is 1. The molecule has 1 N–H and O–H groups in total. The number of rotatable bonds is 4. The first-order valence-electron chi connectivity index (χ1n) is 10.3. The molecular formula is C22H24N4O3. The summed E-state index contributed by atoms with van der Waals surface area (Å²) in [6.45, 7) is 2.92. The maximum absolute atomic E-state index is 13.1. The van der Waals surface area contributed by atoms with E-state index in [0.29, 0.717) is 30.1 Å². The lowest BCUT2D eigenvalue weighted by Crippen LogP contribution is -2.37. The van der Waals surface area contributed by atoms with Crippen molar-refractivity contribution in [3.63, 3.8) is 0 Å². The van der Waals surface area contributed by atoms with Gasteiger partial charge < -0.3 is 9.64 Å². The zero-order valence-corrected chi connectivity index (χ0v) is 16.5. The van der Waals surface area contributed by atoms with Crippen LogP contribution in [0.3, 0.4) is 0 Å².